The third-order valence-corrected chi connectivity index (χ3v) is 4.58. The highest BCUT2D eigenvalue weighted by Crippen LogP contribution is 2.17. The van der Waals surface area contributed by atoms with Crippen LogP contribution in [0.3, 0.4) is 0 Å². The molecule has 0 fully saturated rings. The van der Waals surface area contributed by atoms with Crippen LogP contribution in [0.5, 0.6) is 0 Å². The fourth-order valence-electron chi connectivity index (χ4n) is 2.96. The zero-order chi connectivity index (χ0) is 16.8. The fraction of sp³-hybridized carbons (Fsp3) is 0.714. The minimum atomic E-state index is 1.03. The van der Waals surface area contributed by atoms with Crippen molar-refractivity contribution in [3.05, 3.63) is 35.8 Å². The molecule has 1 aliphatic heterocycles. The van der Waals surface area contributed by atoms with Crippen LogP contribution in [0.4, 0.5) is 0 Å². The number of unbranched alkanes of at least 4 members (excludes halogenated alkanes) is 9. The molecule has 0 aliphatic carbocycles. The van der Waals surface area contributed by atoms with E-state index in [0.717, 1.165) is 18.7 Å². The van der Waals surface area contributed by atoms with Gasteiger partial charge < -0.3 is 10.6 Å². The molecule has 0 spiro atoms. The molecule has 0 unspecified atom stereocenters. The summed E-state index contributed by atoms with van der Waals surface area (Å²) in [6, 6.07) is 0. The normalized spacial score (nSPS) is 13.8. The Morgan fingerprint density at radius 1 is 0.783 bits per heavy atom. The van der Waals surface area contributed by atoms with Gasteiger partial charge in [-0.15, -0.1) is 0 Å². The smallest absolute Gasteiger partial charge is 0.0219 e. The van der Waals surface area contributed by atoms with E-state index in [9.17, 15) is 0 Å². The van der Waals surface area contributed by atoms with Crippen molar-refractivity contribution in [3.8, 4) is 0 Å². The van der Waals surface area contributed by atoms with Crippen LogP contribution in [-0.4, -0.2) is 11.4 Å². The first-order chi connectivity index (χ1) is 11.3. The first-order valence-corrected chi connectivity index (χ1v) is 9.88. The summed E-state index contributed by atoms with van der Waals surface area (Å²) in [4.78, 5) is 2.29. The molecule has 0 amide bonds. The minimum absolute atomic E-state index is 1.03. The van der Waals surface area contributed by atoms with Crippen molar-refractivity contribution in [1.82, 2.24) is 4.90 Å². The van der Waals surface area contributed by atoms with Gasteiger partial charge in [-0.25, -0.2) is 0 Å². The third-order valence-electron chi connectivity index (χ3n) is 4.58. The molecule has 2 nitrogen and oxygen atoms in total. The van der Waals surface area contributed by atoms with Gasteiger partial charge in [-0.05, 0) is 37.0 Å². The summed E-state index contributed by atoms with van der Waals surface area (Å²) in [6.45, 7) is 5.65. The van der Waals surface area contributed by atoms with Crippen molar-refractivity contribution in [2.75, 3.05) is 6.54 Å². The summed E-state index contributed by atoms with van der Waals surface area (Å²) >= 11 is 0. The molecule has 0 saturated carbocycles. The Hall–Kier alpha value is -1.18. The molecule has 132 valence electrons. The van der Waals surface area contributed by atoms with E-state index in [4.69, 9.17) is 5.73 Å². The van der Waals surface area contributed by atoms with Gasteiger partial charge >= 0.3 is 0 Å². The van der Waals surface area contributed by atoms with Gasteiger partial charge in [0.05, 0.1) is 0 Å². The molecule has 0 radical (unpaired) electrons. The number of hydrogen-bond donors (Lipinski definition) is 1. The molecule has 0 bridgehead atoms. The average Bonchev–Trinajstić information content (AvgIpc) is 2.58. The summed E-state index contributed by atoms with van der Waals surface area (Å²) in [7, 11) is 0. The maximum atomic E-state index is 6.24. The standard InChI is InChI=1S/C21H38N2/c1-3-5-7-9-11-13-17-23-18-15-20(16-19-23)21(22)14-12-10-8-6-4-2/h15-16,18-19H,3-14,17,22H2,1-2H3. The van der Waals surface area contributed by atoms with Gasteiger partial charge in [0.15, 0.2) is 0 Å². The molecule has 23 heavy (non-hydrogen) atoms. The number of nitrogens with zero attached hydrogens (tertiary/aromatic N) is 1. The Bertz CT molecular complexity index is 363. The summed E-state index contributed by atoms with van der Waals surface area (Å²) < 4.78 is 0. The van der Waals surface area contributed by atoms with Gasteiger partial charge in [-0.1, -0.05) is 71.6 Å². The molecule has 1 heterocycles. The number of hydrogen-bond acceptors (Lipinski definition) is 2. The molecule has 0 saturated heterocycles. The molecular weight excluding hydrogens is 280 g/mol. The second kappa shape index (κ2) is 13.3. The average molecular weight is 319 g/mol. The van der Waals surface area contributed by atoms with Crippen molar-refractivity contribution in [3.63, 3.8) is 0 Å². The van der Waals surface area contributed by atoms with Crippen LogP contribution in [-0.2, 0) is 0 Å². The van der Waals surface area contributed by atoms with E-state index in [1.165, 1.54) is 76.2 Å². The zero-order valence-electron chi connectivity index (χ0n) is 15.5. The summed E-state index contributed by atoms with van der Waals surface area (Å²) in [5.74, 6) is 0. The van der Waals surface area contributed by atoms with Crippen molar-refractivity contribution in [2.24, 2.45) is 5.73 Å². The minimum Gasteiger partial charge on any atom is -0.402 e. The van der Waals surface area contributed by atoms with Crippen LogP contribution >= 0.6 is 0 Å². The van der Waals surface area contributed by atoms with E-state index in [2.05, 4.69) is 43.3 Å². The number of nitrogens with two attached hydrogens (primary N) is 1. The van der Waals surface area contributed by atoms with Crippen molar-refractivity contribution < 1.29 is 0 Å². The number of rotatable bonds is 13. The van der Waals surface area contributed by atoms with Gasteiger partial charge in [-0.3, -0.25) is 0 Å². The van der Waals surface area contributed by atoms with Crippen LogP contribution in [0, 0.1) is 0 Å². The Morgan fingerprint density at radius 3 is 1.91 bits per heavy atom. The monoisotopic (exact) mass is 318 g/mol. The quantitative estimate of drug-likeness (QED) is 0.406. The van der Waals surface area contributed by atoms with Crippen molar-refractivity contribution >= 4 is 0 Å². The van der Waals surface area contributed by atoms with Crippen LogP contribution in [0.15, 0.2) is 35.8 Å². The molecule has 0 aromatic carbocycles. The van der Waals surface area contributed by atoms with E-state index in [1.54, 1.807) is 0 Å². The SMILES string of the molecule is CCCCCCCCN1C=CC(=C(N)CCCCCCC)C=C1. The van der Waals surface area contributed by atoms with Crippen LogP contribution in [0.1, 0.15) is 90.9 Å². The molecule has 1 rings (SSSR count). The zero-order valence-corrected chi connectivity index (χ0v) is 15.5. The van der Waals surface area contributed by atoms with Gasteiger partial charge in [0.2, 0.25) is 0 Å². The lowest BCUT2D eigenvalue weighted by atomic mass is 10.1. The van der Waals surface area contributed by atoms with Crippen molar-refractivity contribution in [1.29, 1.82) is 0 Å². The van der Waals surface area contributed by atoms with Crippen LogP contribution < -0.4 is 5.73 Å². The molecule has 2 heteroatoms. The number of allylic oxidation sites excluding steroid dienone is 4. The molecular formula is C21H38N2. The second-order valence-corrected chi connectivity index (χ2v) is 6.78. The van der Waals surface area contributed by atoms with E-state index < -0.39 is 0 Å². The highest BCUT2D eigenvalue weighted by Gasteiger charge is 2.04. The van der Waals surface area contributed by atoms with Gasteiger partial charge in [0.1, 0.15) is 0 Å². The largest absolute Gasteiger partial charge is 0.402 e. The van der Waals surface area contributed by atoms with Gasteiger partial charge in [0, 0.05) is 24.6 Å². The molecule has 0 aromatic heterocycles. The second-order valence-electron chi connectivity index (χ2n) is 6.78. The van der Waals surface area contributed by atoms with Gasteiger partial charge in [0.25, 0.3) is 0 Å². The predicted molar refractivity (Wildman–Crippen MR) is 103 cm³/mol. The molecule has 2 N–H and O–H groups in total. The highest BCUT2D eigenvalue weighted by atomic mass is 15.1. The maximum absolute atomic E-state index is 6.24. The molecule has 0 aromatic rings. The first-order valence-electron chi connectivity index (χ1n) is 9.88. The Kier molecular flexibility index (Phi) is 11.5. The first kappa shape index (κ1) is 19.9. The van der Waals surface area contributed by atoms with E-state index in [-0.39, 0.29) is 0 Å². The Balaban J connectivity index is 2.18. The lowest BCUT2D eigenvalue weighted by Gasteiger charge is -2.19. The lowest BCUT2D eigenvalue weighted by Crippen LogP contribution is -2.14. The maximum Gasteiger partial charge on any atom is 0.0219 e. The van der Waals surface area contributed by atoms with Gasteiger partial charge in [-0.2, -0.15) is 0 Å². The fourth-order valence-corrected chi connectivity index (χ4v) is 2.96. The molecule has 1 aliphatic rings. The van der Waals surface area contributed by atoms with Crippen LogP contribution in [0.2, 0.25) is 0 Å². The molecule has 0 atom stereocenters. The Morgan fingerprint density at radius 2 is 1.30 bits per heavy atom. The summed E-state index contributed by atoms with van der Waals surface area (Å²) in [6.07, 6.45) is 24.4. The van der Waals surface area contributed by atoms with E-state index in [0.29, 0.717) is 0 Å². The summed E-state index contributed by atoms with van der Waals surface area (Å²) in [5.41, 5.74) is 8.49. The topological polar surface area (TPSA) is 29.3 Å². The Labute approximate surface area is 144 Å². The summed E-state index contributed by atoms with van der Waals surface area (Å²) in [5, 5.41) is 0. The highest BCUT2D eigenvalue weighted by molar-refractivity contribution is 5.37. The van der Waals surface area contributed by atoms with E-state index >= 15 is 0 Å². The van der Waals surface area contributed by atoms with E-state index in [1.807, 2.05) is 0 Å². The van der Waals surface area contributed by atoms with Crippen molar-refractivity contribution in [2.45, 2.75) is 90.9 Å². The van der Waals surface area contributed by atoms with Crippen LogP contribution in [0.25, 0.3) is 0 Å². The third kappa shape index (κ3) is 9.53. The predicted octanol–water partition coefficient (Wildman–Crippen LogP) is 6.26. The lowest BCUT2D eigenvalue weighted by molar-refractivity contribution is 0.463.